The first-order chi connectivity index (χ1) is 10.1. The summed E-state index contributed by atoms with van der Waals surface area (Å²) in [4.78, 5) is 12.2. The molecule has 1 aliphatic rings. The molecule has 21 heavy (non-hydrogen) atoms. The van der Waals surface area contributed by atoms with Crippen LogP contribution < -0.4 is 20.5 Å². The van der Waals surface area contributed by atoms with E-state index in [0.717, 1.165) is 5.56 Å². The van der Waals surface area contributed by atoms with Crippen LogP contribution in [0.25, 0.3) is 0 Å². The largest absolute Gasteiger partial charge is 0.493 e. The average Bonchev–Trinajstić information content (AvgIpc) is 2.52. The maximum atomic E-state index is 12.2. The summed E-state index contributed by atoms with van der Waals surface area (Å²) < 4.78 is 15.7. The second-order valence-corrected chi connectivity index (χ2v) is 5.14. The predicted molar refractivity (Wildman–Crippen MR) is 78.4 cm³/mol. The summed E-state index contributed by atoms with van der Waals surface area (Å²) >= 11 is 0. The third kappa shape index (κ3) is 3.65. The molecule has 116 valence electrons. The average molecular weight is 294 g/mol. The first kappa shape index (κ1) is 15.6. The van der Waals surface area contributed by atoms with Gasteiger partial charge in [0.2, 0.25) is 5.91 Å². The zero-order valence-corrected chi connectivity index (χ0v) is 12.5. The highest BCUT2D eigenvalue weighted by Crippen LogP contribution is 2.27. The number of nitrogens with two attached hydrogens (primary N) is 1. The van der Waals surface area contributed by atoms with Gasteiger partial charge in [0.25, 0.3) is 0 Å². The number of carbonyl (C=O) groups is 1. The van der Waals surface area contributed by atoms with Crippen LogP contribution in [0.1, 0.15) is 18.4 Å². The molecule has 0 spiro atoms. The van der Waals surface area contributed by atoms with Crippen LogP contribution in [0.2, 0.25) is 0 Å². The number of carbonyl (C=O) groups excluding carboxylic acids is 1. The van der Waals surface area contributed by atoms with Crippen LogP contribution in [0, 0.1) is 0 Å². The van der Waals surface area contributed by atoms with Crippen molar-refractivity contribution in [3.8, 4) is 11.5 Å². The van der Waals surface area contributed by atoms with Crippen LogP contribution in [-0.4, -0.2) is 38.9 Å². The van der Waals surface area contributed by atoms with Gasteiger partial charge in [-0.1, -0.05) is 6.07 Å². The molecule has 0 unspecified atom stereocenters. The molecule has 0 aromatic heterocycles. The topological polar surface area (TPSA) is 82.8 Å². The van der Waals surface area contributed by atoms with Gasteiger partial charge in [0.1, 0.15) is 0 Å². The van der Waals surface area contributed by atoms with E-state index >= 15 is 0 Å². The zero-order chi connectivity index (χ0) is 15.3. The normalized spacial score (nSPS) is 17.1. The van der Waals surface area contributed by atoms with Crippen molar-refractivity contribution >= 4 is 5.91 Å². The number of amides is 1. The lowest BCUT2D eigenvalue weighted by molar-refractivity contribution is -0.129. The molecule has 1 amide bonds. The fourth-order valence-corrected chi connectivity index (χ4v) is 2.31. The van der Waals surface area contributed by atoms with Gasteiger partial charge in [-0.3, -0.25) is 4.79 Å². The van der Waals surface area contributed by atoms with E-state index in [1.54, 1.807) is 14.2 Å². The third-order valence-corrected chi connectivity index (χ3v) is 3.74. The minimum absolute atomic E-state index is 0.138. The van der Waals surface area contributed by atoms with E-state index in [4.69, 9.17) is 19.9 Å². The van der Waals surface area contributed by atoms with Gasteiger partial charge in [0.05, 0.1) is 19.8 Å². The number of hydrogen-bond acceptors (Lipinski definition) is 5. The highest BCUT2D eigenvalue weighted by molar-refractivity contribution is 5.86. The Morgan fingerprint density at radius 2 is 1.95 bits per heavy atom. The molecular weight excluding hydrogens is 272 g/mol. The van der Waals surface area contributed by atoms with Crippen molar-refractivity contribution in [1.29, 1.82) is 0 Å². The first-order valence-electron chi connectivity index (χ1n) is 6.95. The van der Waals surface area contributed by atoms with Gasteiger partial charge in [0.15, 0.2) is 11.5 Å². The summed E-state index contributed by atoms with van der Waals surface area (Å²) in [5.41, 5.74) is 6.23. The summed E-state index contributed by atoms with van der Waals surface area (Å²) in [6.07, 6.45) is 1.09. The van der Waals surface area contributed by atoms with E-state index in [0.29, 0.717) is 44.1 Å². The maximum absolute atomic E-state index is 12.2. The predicted octanol–water partition coefficient (Wildman–Crippen LogP) is 0.828. The van der Waals surface area contributed by atoms with E-state index < -0.39 is 5.54 Å². The van der Waals surface area contributed by atoms with Gasteiger partial charge in [0, 0.05) is 19.8 Å². The van der Waals surface area contributed by atoms with E-state index in [-0.39, 0.29) is 5.91 Å². The summed E-state index contributed by atoms with van der Waals surface area (Å²) in [5.74, 6) is 1.16. The quantitative estimate of drug-likeness (QED) is 0.840. The van der Waals surface area contributed by atoms with Gasteiger partial charge in [-0.05, 0) is 30.5 Å². The Balaban J connectivity index is 1.97. The van der Waals surface area contributed by atoms with Crippen LogP contribution in [0.5, 0.6) is 11.5 Å². The second kappa shape index (κ2) is 6.78. The standard InChI is InChI=1S/C15H22N2O4/c1-19-12-4-3-11(9-13(12)20-2)10-17-14(18)15(16)5-7-21-8-6-15/h3-4,9H,5-8,10,16H2,1-2H3,(H,17,18). The summed E-state index contributed by atoms with van der Waals surface area (Å²) in [5, 5.41) is 2.88. The van der Waals surface area contributed by atoms with E-state index in [1.165, 1.54) is 0 Å². The Labute approximate surface area is 124 Å². The molecule has 0 atom stereocenters. The SMILES string of the molecule is COc1ccc(CNC(=O)C2(N)CCOCC2)cc1OC. The molecule has 1 aromatic carbocycles. The fraction of sp³-hybridized carbons (Fsp3) is 0.533. The Hall–Kier alpha value is -1.79. The molecule has 0 radical (unpaired) electrons. The minimum Gasteiger partial charge on any atom is -0.493 e. The number of methoxy groups -OCH3 is 2. The molecule has 1 saturated heterocycles. The molecule has 1 aliphatic heterocycles. The van der Waals surface area contributed by atoms with Crippen molar-refractivity contribution in [2.75, 3.05) is 27.4 Å². The molecule has 0 saturated carbocycles. The van der Waals surface area contributed by atoms with Crippen LogP contribution in [0.3, 0.4) is 0 Å². The summed E-state index contributed by atoms with van der Waals surface area (Å²) in [6.45, 7) is 1.46. The third-order valence-electron chi connectivity index (χ3n) is 3.74. The molecule has 3 N–H and O–H groups in total. The van der Waals surface area contributed by atoms with Crippen LogP contribution in [0.4, 0.5) is 0 Å². The second-order valence-electron chi connectivity index (χ2n) is 5.14. The van der Waals surface area contributed by atoms with Crippen molar-refractivity contribution in [3.05, 3.63) is 23.8 Å². The molecule has 6 heteroatoms. The molecule has 0 bridgehead atoms. The van der Waals surface area contributed by atoms with Crippen molar-refractivity contribution in [2.45, 2.75) is 24.9 Å². The fourth-order valence-electron chi connectivity index (χ4n) is 2.31. The monoisotopic (exact) mass is 294 g/mol. The molecule has 1 heterocycles. The van der Waals surface area contributed by atoms with Gasteiger partial charge in [-0.15, -0.1) is 0 Å². The van der Waals surface area contributed by atoms with Crippen LogP contribution in [0.15, 0.2) is 18.2 Å². The number of hydrogen-bond donors (Lipinski definition) is 2. The lowest BCUT2D eigenvalue weighted by Crippen LogP contribution is -2.56. The molecule has 1 aromatic rings. The maximum Gasteiger partial charge on any atom is 0.240 e. The molecule has 6 nitrogen and oxygen atoms in total. The van der Waals surface area contributed by atoms with Crippen molar-refractivity contribution in [3.63, 3.8) is 0 Å². The summed E-state index contributed by atoms with van der Waals surface area (Å²) in [7, 11) is 3.17. The van der Waals surface area contributed by atoms with Crippen molar-refractivity contribution in [1.82, 2.24) is 5.32 Å². The summed E-state index contributed by atoms with van der Waals surface area (Å²) in [6, 6.07) is 5.54. The number of nitrogens with one attached hydrogen (secondary N) is 1. The van der Waals surface area contributed by atoms with E-state index in [1.807, 2.05) is 18.2 Å². The Kier molecular flexibility index (Phi) is 5.03. The highest BCUT2D eigenvalue weighted by atomic mass is 16.5. The van der Waals surface area contributed by atoms with Crippen molar-refractivity contribution < 1.29 is 19.0 Å². The van der Waals surface area contributed by atoms with Gasteiger partial charge < -0.3 is 25.3 Å². The smallest absolute Gasteiger partial charge is 0.240 e. The Bertz CT molecular complexity index is 498. The number of benzene rings is 1. The number of rotatable bonds is 5. The van der Waals surface area contributed by atoms with Gasteiger partial charge >= 0.3 is 0 Å². The minimum atomic E-state index is -0.825. The zero-order valence-electron chi connectivity index (χ0n) is 12.5. The van der Waals surface area contributed by atoms with Gasteiger partial charge in [-0.25, -0.2) is 0 Å². The first-order valence-corrected chi connectivity index (χ1v) is 6.95. The molecular formula is C15H22N2O4. The molecule has 1 fully saturated rings. The number of ether oxygens (including phenoxy) is 3. The molecule has 0 aliphatic carbocycles. The Morgan fingerprint density at radius 1 is 1.29 bits per heavy atom. The van der Waals surface area contributed by atoms with Crippen LogP contribution >= 0.6 is 0 Å². The Morgan fingerprint density at radius 3 is 2.57 bits per heavy atom. The van der Waals surface area contributed by atoms with Crippen molar-refractivity contribution in [2.24, 2.45) is 5.73 Å². The lowest BCUT2D eigenvalue weighted by atomic mass is 9.90. The highest BCUT2D eigenvalue weighted by Gasteiger charge is 2.35. The van der Waals surface area contributed by atoms with E-state index in [9.17, 15) is 4.79 Å². The van der Waals surface area contributed by atoms with Gasteiger partial charge in [-0.2, -0.15) is 0 Å². The van der Waals surface area contributed by atoms with Crippen LogP contribution in [-0.2, 0) is 16.1 Å². The lowest BCUT2D eigenvalue weighted by Gasteiger charge is -2.31. The van der Waals surface area contributed by atoms with E-state index in [2.05, 4.69) is 5.32 Å². The molecule has 2 rings (SSSR count).